The summed E-state index contributed by atoms with van der Waals surface area (Å²) < 4.78 is 1.55. The van der Waals surface area contributed by atoms with Gasteiger partial charge in [-0.3, -0.25) is 9.40 Å². The molecule has 3 rings (SSSR count). The third kappa shape index (κ3) is 2.34. The first-order valence-electron chi connectivity index (χ1n) is 6.44. The number of nitrogens with zero attached hydrogens (tertiary/aromatic N) is 1. The van der Waals surface area contributed by atoms with Crippen molar-refractivity contribution >= 4 is 16.9 Å². The van der Waals surface area contributed by atoms with Gasteiger partial charge >= 0.3 is 6.03 Å². The fraction of sp³-hybridized carbons (Fsp3) is 0.0625. The molecule has 0 aliphatic rings. The van der Waals surface area contributed by atoms with Crippen LogP contribution in [0.4, 0.5) is 4.79 Å². The number of nitrogens with one attached hydrogen (secondary N) is 1. The van der Waals surface area contributed by atoms with Crippen molar-refractivity contribution in [2.75, 3.05) is 7.11 Å². The van der Waals surface area contributed by atoms with Gasteiger partial charge in [0, 0.05) is 5.39 Å². The summed E-state index contributed by atoms with van der Waals surface area (Å²) in [6.07, 6.45) is 0. The molecule has 0 bridgehead atoms. The summed E-state index contributed by atoms with van der Waals surface area (Å²) in [6.45, 7) is 0. The van der Waals surface area contributed by atoms with Gasteiger partial charge in [0.05, 0.1) is 18.3 Å². The van der Waals surface area contributed by atoms with Crippen LogP contribution in [-0.4, -0.2) is 22.8 Å². The number of rotatable bonds is 2. The first-order valence-corrected chi connectivity index (χ1v) is 6.44. The minimum absolute atomic E-state index is 0.183. The number of phenolic OH excluding ortho intramolecular Hbond substituents is 1. The van der Waals surface area contributed by atoms with Crippen LogP contribution >= 0.6 is 0 Å². The molecule has 0 unspecified atom stereocenters. The molecule has 3 aromatic rings. The second-order valence-corrected chi connectivity index (χ2v) is 4.58. The second kappa shape index (κ2) is 5.30. The summed E-state index contributed by atoms with van der Waals surface area (Å²) in [7, 11) is 1.39. The van der Waals surface area contributed by atoms with E-state index in [1.54, 1.807) is 28.8 Å². The van der Waals surface area contributed by atoms with Gasteiger partial charge in [0.15, 0.2) is 0 Å². The van der Waals surface area contributed by atoms with Crippen molar-refractivity contribution in [1.29, 1.82) is 0 Å². The van der Waals surface area contributed by atoms with E-state index in [2.05, 4.69) is 5.48 Å². The third-order valence-corrected chi connectivity index (χ3v) is 3.27. The molecule has 1 heterocycles. The van der Waals surface area contributed by atoms with Crippen LogP contribution in [0.1, 0.15) is 0 Å². The van der Waals surface area contributed by atoms with E-state index in [0.29, 0.717) is 0 Å². The van der Waals surface area contributed by atoms with Gasteiger partial charge in [-0.05, 0) is 42.0 Å². The molecular formula is C16H14N2O3. The lowest BCUT2D eigenvalue weighted by Gasteiger charge is -2.09. The van der Waals surface area contributed by atoms with Gasteiger partial charge in [0.2, 0.25) is 0 Å². The molecule has 2 N–H and O–H groups in total. The Bertz CT molecular complexity index is 791. The Morgan fingerprint density at radius 1 is 1.14 bits per heavy atom. The monoisotopic (exact) mass is 282 g/mol. The zero-order valence-electron chi connectivity index (χ0n) is 11.4. The van der Waals surface area contributed by atoms with Crippen molar-refractivity contribution in [3.8, 4) is 17.0 Å². The molecule has 106 valence electrons. The zero-order chi connectivity index (χ0) is 14.8. The number of carbonyl (C=O) groups is 1. The summed E-state index contributed by atoms with van der Waals surface area (Å²) >= 11 is 0. The SMILES string of the molecule is CONC(=O)n1c(-c2ccc(O)cc2)cc2ccccc21. The van der Waals surface area contributed by atoms with Gasteiger partial charge in [0.25, 0.3) is 0 Å². The van der Waals surface area contributed by atoms with Crippen LogP contribution in [0, 0.1) is 0 Å². The Morgan fingerprint density at radius 2 is 1.86 bits per heavy atom. The van der Waals surface area contributed by atoms with E-state index < -0.39 is 0 Å². The van der Waals surface area contributed by atoms with E-state index in [0.717, 1.165) is 22.2 Å². The van der Waals surface area contributed by atoms with Crippen molar-refractivity contribution in [2.24, 2.45) is 0 Å². The Labute approximate surface area is 121 Å². The normalized spacial score (nSPS) is 10.7. The van der Waals surface area contributed by atoms with Crippen molar-refractivity contribution in [2.45, 2.75) is 0 Å². The van der Waals surface area contributed by atoms with Crippen LogP contribution in [0.25, 0.3) is 22.2 Å². The number of para-hydroxylation sites is 1. The van der Waals surface area contributed by atoms with Crippen LogP contribution in [0.3, 0.4) is 0 Å². The van der Waals surface area contributed by atoms with E-state index in [1.807, 2.05) is 30.3 Å². The molecule has 1 amide bonds. The third-order valence-electron chi connectivity index (χ3n) is 3.27. The number of benzene rings is 2. The van der Waals surface area contributed by atoms with Crippen molar-refractivity contribution < 1.29 is 14.7 Å². The first-order chi connectivity index (χ1) is 10.2. The maximum Gasteiger partial charge on any atom is 0.350 e. The van der Waals surface area contributed by atoms with Crippen LogP contribution in [0.2, 0.25) is 0 Å². The molecule has 0 saturated heterocycles. The van der Waals surface area contributed by atoms with E-state index >= 15 is 0 Å². The number of hydrogen-bond donors (Lipinski definition) is 2. The predicted molar refractivity (Wildman–Crippen MR) is 80.0 cm³/mol. The zero-order valence-corrected chi connectivity index (χ0v) is 11.4. The smallest absolute Gasteiger partial charge is 0.350 e. The van der Waals surface area contributed by atoms with Crippen LogP contribution in [0.5, 0.6) is 5.75 Å². The number of amides is 1. The Kier molecular flexibility index (Phi) is 3.33. The highest BCUT2D eigenvalue weighted by Gasteiger charge is 2.16. The Morgan fingerprint density at radius 3 is 2.57 bits per heavy atom. The Hall–Kier alpha value is -2.79. The average molecular weight is 282 g/mol. The molecular weight excluding hydrogens is 268 g/mol. The van der Waals surface area contributed by atoms with Crippen molar-refractivity contribution in [3.05, 3.63) is 54.6 Å². The summed E-state index contributed by atoms with van der Waals surface area (Å²) in [5, 5.41) is 10.4. The maximum absolute atomic E-state index is 12.3. The van der Waals surface area contributed by atoms with Gasteiger partial charge < -0.3 is 5.11 Å². The lowest BCUT2D eigenvalue weighted by molar-refractivity contribution is 0.109. The first kappa shape index (κ1) is 13.2. The van der Waals surface area contributed by atoms with E-state index in [4.69, 9.17) is 4.84 Å². The minimum Gasteiger partial charge on any atom is -0.508 e. The standard InChI is InChI=1S/C16H14N2O3/c1-21-17-16(20)18-14-5-3-2-4-12(14)10-15(18)11-6-8-13(19)9-7-11/h2-10,19H,1H3,(H,17,20). The highest BCUT2D eigenvalue weighted by atomic mass is 16.6. The highest BCUT2D eigenvalue weighted by molar-refractivity contribution is 5.97. The molecule has 0 aliphatic heterocycles. The average Bonchev–Trinajstić information content (AvgIpc) is 2.87. The van der Waals surface area contributed by atoms with Crippen LogP contribution in [-0.2, 0) is 4.84 Å². The number of aromatic hydroxyl groups is 1. The molecule has 21 heavy (non-hydrogen) atoms. The maximum atomic E-state index is 12.3. The molecule has 1 aromatic heterocycles. The Balaban J connectivity index is 2.23. The number of hydroxylamine groups is 1. The van der Waals surface area contributed by atoms with Gasteiger partial charge in [0.1, 0.15) is 5.75 Å². The number of aromatic nitrogens is 1. The molecule has 0 spiro atoms. The molecule has 2 aromatic carbocycles. The van der Waals surface area contributed by atoms with E-state index in [1.165, 1.54) is 7.11 Å². The lowest BCUT2D eigenvalue weighted by atomic mass is 10.1. The summed E-state index contributed by atoms with van der Waals surface area (Å²) in [5.41, 5.74) is 4.68. The molecule has 0 radical (unpaired) electrons. The lowest BCUT2D eigenvalue weighted by Crippen LogP contribution is -2.27. The molecule has 5 heteroatoms. The topological polar surface area (TPSA) is 63.5 Å². The number of carbonyl (C=O) groups excluding carboxylic acids is 1. The molecule has 5 nitrogen and oxygen atoms in total. The summed E-state index contributed by atoms with van der Waals surface area (Å²) in [4.78, 5) is 17.0. The number of fused-ring (bicyclic) bond motifs is 1. The largest absolute Gasteiger partial charge is 0.508 e. The van der Waals surface area contributed by atoms with E-state index in [9.17, 15) is 9.90 Å². The molecule has 0 atom stereocenters. The summed E-state index contributed by atoms with van der Waals surface area (Å²) in [6, 6.07) is 15.9. The minimum atomic E-state index is -0.373. The van der Waals surface area contributed by atoms with Crippen LogP contribution < -0.4 is 5.48 Å². The number of phenols is 1. The molecule has 0 saturated carbocycles. The fourth-order valence-electron chi connectivity index (χ4n) is 2.35. The highest BCUT2D eigenvalue weighted by Crippen LogP contribution is 2.29. The van der Waals surface area contributed by atoms with E-state index in [-0.39, 0.29) is 11.8 Å². The van der Waals surface area contributed by atoms with Gasteiger partial charge in [-0.1, -0.05) is 18.2 Å². The number of hydrogen-bond acceptors (Lipinski definition) is 3. The quantitative estimate of drug-likeness (QED) is 0.710. The van der Waals surface area contributed by atoms with Crippen LogP contribution in [0.15, 0.2) is 54.6 Å². The van der Waals surface area contributed by atoms with Gasteiger partial charge in [-0.25, -0.2) is 10.3 Å². The van der Waals surface area contributed by atoms with Crippen molar-refractivity contribution in [1.82, 2.24) is 10.0 Å². The second-order valence-electron chi connectivity index (χ2n) is 4.58. The van der Waals surface area contributed by atoms with Crippen molar-refractivity contribution in [3.63, 3.8) is 0 Å². The fourth-order valence-corrected chi connectivity index (χ4v) is 2.35. The molecule has 0 aliphatic carbocycles. The predicted octanol–water partition coefficient (Wildman–Crippen LogP) is 3.13. The van der Waals surface area contributed by atoms with Gasteiger partial charge in [-0.15, -0.1) is 0 Å². The van der Waals surface area contributed by atoms with Gasteiger partial charge in [-0.2, -0.15) is 0 Å². The summed E-state index contributed by atoms with van der Waals surface area (Å²) in [5.74, 6) is 0.183. The molecule has 0 fully saturated rings.